The first-order valence-electron chi connectivity index (χ1n) is 6.75. The van der Waals surface area contributed by atoms with Gasteiger partial charge in [0.15, 0.2) is 5.75 Å². The SMILES string of the molecule is CCOc1c(Br)cc(Cl)cc1NC(=O)Cc1c(C)noc1C. The summed E-state index contributed by atoms with van der Waals surface area (Å²) in [5.74, 6) is 1.01. The number of benzene rings is 1. The molecule has 0 fully saturated rings. The van der Waals surface area contributed by atoms with E-state index in [1.54, 1.807) is 26.0 Å². The predicted molar refractivity (Wildman–Crippen MR) is 88.6 cm³/mol. The highest BCUT2D eigenvalue weighted by molar-refractivity contribution is 9.10. The molecule has 0 aliphatic carbocycles. The Morgan fingerprint density at radius 2 is 2.18 bits per heavy atom. The van der Waals surface area contributed by atoms with E-state index >= 15 is 0 Å². The van der Waals surface area contributed by atoms with Gasteiger partial charge in [0, 0.05) is 10.6 Å². The number of nitrogens with zero attached hydrogens (tertiary/aromatic N) is 1. The van der Waals surface area contributed by atoms with E-state index in [1.807, 2.05) is 6.92 Å². The van der Waals surface area contributed by atoms with Crippen LogP contribution in [0.15, 0.2) is 21.1 Å². The van der Waals surface area contributed by atoms with Crippen molar-refractivity contribution in [1.82, 2.24) is 5.16 Å². The fraction of sp³-hybridized carbons (Fsp3) is 0.333. The van der Waals surface area contributed by atoms with Crippen molar-refractivity contribution in [2.75, 3.05) is 11.9 Å². The minimum atomic E-state index is -0.190. The quantitative estimate of drug-likeness (QED) is 0.831. The predicted octanol–water partition coefficient (Wildman–Crippen LogP) is 4.29. The number of aryl methyl sites for hydroxylation is 2. The molecule has 0 atom stereocenters. The molecular weight excluding hydrogens is 372 g/mol. The number of carbonyl (C=O) groups excluding carboxylic acids is 1. The van der Waals surface area contributed by atoms with E-state index < -0.39 is 0 Å². The summed E-state index contributed by atoms with van der Waals surface area (Å²) in [6, 6.07) is 3.37. The van der Waals surface area contributed by atoms with E-state index in [0.717, 1.165) is 5.56 Å². The molecule has 0 spiro atoms. The lowest BCUT2D eigenvalue weighted by molar-refractivity contribution is -0.115. The summed E-state index contributed by atoms with van der Waals surface area (Å²) in [4.78, 5) is 12.3. The summed E-state index contributed by atoms with van der Waals surface area (Å²) >= 11 is 9.42. The van der Waals surface area contributed by atoms with Gasteiger partial charge >= 0.3 is 0 Å². The van der Waals surface area contributed by atoms with Crippen LogP contribution in [0, 0.1) is 13.8 Å². The van der Waals surface area contributed by atoms with Crippen LogP contribution in [0.3, 0.4) is 0 Å². The maximum absolute atomic E-state index is 12.3. The summed E-state index contributed by atoms with van der Waals surface area (Å²) < 4.78 is 11.3. The van der Waals surface area contributed by atoms with Crippen LogP contribution in [0.4, 0.5) is 5.69 Å². The molecule has 0 aliphatic rings. The van der Waals surface area contributed by atoms with Gasteiger partial charge in [-0.25, -0.2) is 0 Å². The van der Waals surface area contributed by atoms with Crippen LogP contribution >= 0.6 is 27.5 Å². The standard InChI is InChI=1S/C15H16BrClN2O3/c1-4-21-15-12(16)5-10(17)6-13(15)18-14(20)7-11-8(2)19-22-9(11)3/h5-6H,4,7H2,1-3H3,(H,18,20). The molecule has 0 radical (unpaired) electrons. The molecule has 0 bridgehead atoms. The molecule has 1 N–H and O–H groups in total. The van der Waals surface area contributed by atoms with E-state index in [-0.39, 0.29) is 12.3 Å². The lowest BCUT2D eigenvalue weighted by atomic mass is 10.1. The minimum absolute atomic E-state index is 0.177. The Morgan fingerprint density at radius 3 is 2.77 bits per heavy atom. The maximum atomic E-state index is 12.3. The van der Waals surface area contributed by atoms with Gasteiger partial charge in [-0.05, 0) is 48.8 Å². The molecule has 7 heteroatoms. The average molecular weight is 388 g/mol. The van der Waals surface area contributed by atoms with Crippen LogP contribution in [-0.4, -0.2) is 17.7 Å². The molecule has 1 heterocycles. The molecule has 2 rings (SSSR count). The zero-order chi connectivity index (χ0) is 16.3. The minimum Gasteiger partial charge on any atom is -0.491 e. The van der Waals surface area contributed by atoms with Crippen molar-refractivity contribution >= 4 is 39.1 Å². The van der Waals surface area contributed by atoms with Crippen molar-refractivity contribution in [2.45, 2.75) is 27.2 Å². The Morgan fingerprint density at radius 1 is 1.45 bits per heavy atom. The third kappa shape index (κ3) is 3.81. The second-order valence-electron chi connectivity index (χ2n) is 4.72. The molecular formula is C15H16BrClN2O3. The molecule has 118 valence electrons. The molecule has 0 saturated carbocycles. The summed E-state index contributed by atoms with van der Waals surface area (Å²) in [6.07, 6.45) is 0.177. The van der Waals surface area contributed by atoms with Gasteiger partial charge in [-0.3, -0.25) is 4.79 Å². The first-order valence-corrected chi connectivity index (χ1v) is 7.93. The van der Waals surface area contributed by atoms with Gasteiger partial charge < -0.3 is 14.6 Å². The van der Waals surface area contributed by atoms with E-state index in [0.29, 0.717) is 39.0 Å². The first kappa shape index (κ1) is 16.8. The van der Waals surface area contributed by atoms with Gasteiger partial charge in [-0.2, -0.15) is 0 Å². The Kier molecular flexibility index (Phi) is 5.47. The van der Waals surface area contributed by atoms with Gasteiger partial charge in [-0.1, -0.05) is 16.8 Å². The second kappa shape index (κ2) is 7.15. The van der Waals surface area contributed by atoms with Gasteiger partial charge in [0.2, 0.25) is 5.91 Å². The smallest absolute Gasteiger partial charge is 0.229 e. The number of rotatable bonds is 5. The van der Waals surface area contributed by atoms with Crippen molar-refractivity contribution in [3.05, 3.63) is 38.6 Å². The fourth-order valence-corrected chi connectivity index (χ4v) is 2.98. The highest BCUT2D eigenvalue weighted by Crippen LogP contribution is 2.36. The molecule has 1 amide bonds. The van der Waals surface area contributed by atoms with Crippen molar-refractivity contribution in [2.24, 2.45) is 0 Å². The van der Waals surface area contributed by atoms with Gasteiger partial charge in [0.05, 0.1) is 28.9 Å². The zero-order valence-corrected chi connectivity index (χ0v) is 14.8. The highest BCUT2D eigenvalue weighted by atomic mass is 79.9. The molecule has 1 aromatic heterocycles. The van der Waals surface area contributed by atoms with Crippen LogP contribution < -0.4 is 10.1 Å². The third-order valence-electron chi connectivity index (χ3n) is 3.09. The molecule has 2 aromatic rings. The van der Waals surface area contributed by atoms with Crippen molar-refractivity contribution < 1.29 is 14.1 Å². The summed E-state index contributed by atoms with van der Waals surface area (Å²) in [6.45, 7) is 5.94. The Bertz CT molecular complexity index is 681. The van der Waals surface area contributed by atoms with E-state index in [4.69, 9.17) is 20.9 Å². The zero-order valence-electron chi connectivity index (χ0n) is 12.5. The Balaban J connectivity index is 2.21. The van der Waals surface area contributed by atoms with Crippen molar-refractivity contribution in [1.29, 1.82) is 0 Å². The molecule has 0 unspecified atom stereocenters. The van der Waals surface area contributed by atoms with E-state index in [9.17, 15) is 4.79 Å². The van der Waals surface area contributed by atoms with Crippen LogP contribution in [0.5, 0.6) is 5.75 Å². The number of nitrogens with one attached hydrogen (secondary N) is 1. The number of aromatic nitrogens is 1. The second-order valence-corrected chi connectivity index (χ2v) is 6.02. The summed E-state index contributed by atoms with van der Waals surface area (Å²) in [7, 11) is 0. The first-order chi connectivity index (χ1) is 10.4. The van der Waals surface area contributed by atoms with Gasteiger partial charge in [0.1, 0.15) is 5.76 Å². The number of hydrogen-bond acceptors (Lipinski definition) is 4. The average Bonchev–Trinajstić information content (AvgIpc) is 2.74. The Hall–Kier alpha value is -1.53. The topological polar surface area (TPSA) is 64.4 Å². The molecule has 1 aromatic carbocycles. The monoisotopic (exact) mass is 386 g/mol. The van der Waals surface area contributed by atoms with E-state index in [2.05, 4.69) is 26.4 Å². The van der Waals surface area contributed by atoms with Crippen molar-refractivity contribution in [3.8, 4) is 5.75 Å². The molecule has 0 saturated heterocycles. The number of hydrogen-bond donors (Lipinski definition) is 1. The van der Waals surface area contributed by atoms with Gasteiger partial charge in [-0.15, -0.1) is 0 Å². The Labute approximate surface area is 142 Å². The largest absolute Gasteiger partial charge is 0.491 e. The lowest BCUT2D eigenvalue weighted by Crippen LogP contribution is -2.16. The third-order valence-corrected chi connectivity index (χ3v) is 3.90. The number of anilines is 1. The summed E-state index contributed by atoms with van der Waals surface area (Å²) in [5.41, 5.74) is 2.03. The molecule has 5 nitrogen and oxygen atoms in total. The lowest BCUT2D eigenvalue weighted by Gasteiger charge is -2.14. The van der Waals surface area contributed by atoms with Crippen molar-refractivity contribution in [3.63, 3.8) is 0 Å². The maximum Gasteiger partial charge on any atom is 0.229 e. The normalized spacial score (nSPS) is 10.6. The number of amides is 1. The van der Waals surface area contributed by atoms with E-state index in [1.165, 1.54) is 0 Å². The molecule has 22 heavy (non-hydrogen) atoms. The fourth-order valence-electron chi connectivity index (χ4n) is 2.05. The number of halogens is 2. The highest BCUT2D eigenvalue weighted by Gasteiger charge is 2.16. The van der Waals surface area contributed by atoms with Crippen LogP contribution in [0.1, 0.15) is 23.9 Å². The van der Waals surface area contributed by atoms with Gasteiger partial charge in [0.25, 0.3) is 0 Å². The molecule has 0 aliphatic heterocycles. The van der Waals surface area contributed by atoms with Crippen LogP contribution in [0.2, 0.25) is 5.02 Å². The van der Waals surface area contributed by atoms with Crippen LogP contribution in [-0.2, 0) is 11.2 Å². The van der Waals surface area contributed by atoms with Crippen LogP contribution in [0.25, 0.3) is 0 Å². The summed E-state index contributed by atoms with van der Waals surface area (Å²) in [5, 5.41) is 7.17. The number of carbonyl (C=O) groups is 1. The number of ether oxygens (including phenoxy) is 1.